The Hall–Kier alpha value is -4.89. The molecule has 0 saturated carbocycles. The summed E-state index contributed by atoms with van der Waals surface area (Å²) in [5, 5.41) is 23.4. The predicted octanol–water partition coefficient (Wildman–Crippen LogP) is 5.81. The summed E-state index contributed by atoms with van der Waals surface area (Å²) < 4.78 is 0. The van der Waals surface area contributed by atoms with Crippen LogP contribution < -0.4 is 10.6 Å². The number of rotatable bonds is 9. The molecule has 4 aromatic carbocycles. The lowest BCUT2D eigenvalue weighted by Crippen LogP contribution is -2.19. The Morgan fingerprint density at radius 3 is 1.95 bits per heavy atom. The molecule has 0 aliphatic heterocycles. The minimum atomic E-state index is -1.19. The fourth-order valence-corrected chi connectivity index (χ4v) is 4.68. The van der Waals surface area contributed by atoms with E-state index in [1.165, 1.54) is 36.0 Å². The number of thioether (sulfide) groups is 1. The molecule has 4 rings (SSSR count). The third kappa shape index (κ3) is 6.45. The first-order chi connectivity index (χ1) is 18.3. The van der Waals surface area contributed by atoms with Crippen LogP contribution in [0, 0.1) is 0 Å². The molecule has 0 bridgehead atoms. The van der Waals surface area contributed by atoms with Gasteiger partial charge in [0, 0.05) is 16.3 Å². The van der Waals surface area contributed by atoms with Crippen LogP contribution in [0.5, 0.6) is 0 Å². The topological polar surface area (TPSA) is 133 Å². The predicted molar refractivity (Wildman–Crippen MR) is 145 cm³/mol. The molecule has 0 heterocycles. The van der Waals surface area contributed by atoms with Crippen molar-refractivity contribution in [1.29, 1.82) is 0 Å². The largest absolute Gasteiger partial charge is 0.478 e. The first kappa shape index (κ1) is 26.2. The van der Waals surface area contributed by atoms with Crippen molar-refractivity contribution in [3.8, 4) is 0 Å². The summed E-state index contributed by atoms with van der Waals surface area (Å²) in [5.74, 6) is -3.16. The summed E-state index contributed by atoms with van der Waals surface area (Å²) in [6.07, 6.45) is 0. The third-order valence-electron chi connectivity index (χ3n) is 5.49. The van der Waals surface area contributed by atoms with E-state index in [0.29, 0.717) is 11.4 Å². The normalized spacial score (nSPS) is 11.3. The van der Waals surface area contributed by atoms with E-state index in [2.05, 4.69) is 10.6 Å². The van der Waals surface area contributed by atoms with Crippen LogP contribution in [0.1, 0.15) is 41.9 Å². The summed E-state index contributed by atoms with van der Waals surface area (Å²) in [6.45, 7) is 0. The van der Waals surface area contributed by atoms with Gasteiger partial charge in [-0.2, -0.15) is 0 Å². The smallest absolute Gasteiger partial charge is 0.336 e. The molecule has 0 aliphatic rings. The lowest BCUT2D eigenvalue weighted by molar-refractivity contribution is -0.115. The van der Waals surface area contributed by atoms with Crippen molar-refractivity contribution in [3.05, 3.63) is 125 Å². The number of benzene rings is 4. The molecule has 4 N–H and O–H groups in total. The van der Waals surface area contributed by atoms with Crippen LogP contribution in [0.15, 0.2) is 108 Å². The highest BCUT2D eigenvalue weighted by Gasteiger charge is 2.23. The molecular formula is C29H22N2O6S. The van der Waals surface area contributed by atoms with E-state index in [9.17, 15) is 29.4 Å². The van der Waals surface area contributed by atoms with Gasteiger partial charge in [0.2, 0.25) is 5.91 Å². The van der Waals surface area contributed by atoms with Crippen molar-refractivity contribution in [3.63, 3.8) is 0 Å². The molecule has 0 fully saturated rings. The van der Waals surface area contributed by atoms with Crippen LogP contribution in [0.25, 0.3) is 0 Å². The van der Waals surface area contributed by atoms with Gasteiger partial charge in [0.1, 0.15) is 5.25 Å². The summed E-state index contributed by atoms with van der Waals surface area (Å²) in [6, 6.07) is 28.0. The minimum absolute atomic E-state index is 0.0474. The number of carboxylic acid groups (broad SMARTS) is 2. The minimum Gasteiger partial charge on any atom is -0.478 e. The average molecular weight is 527 g/mol. The highest BCUT2D eigenvalue weighted by atomic mass is 32.2. The third-order valence-corrected chi connectivity index (χ3v) is 6.75. The molecule has 190 valence electrons. The Kier molecular flexibility index (Phi) is 8.20. The van der Waals surface area contributed by atoms with Crippen molar-refractivity contribution in [1.82, 2.24) is 0 Å². The van der Waals surface area contributed by atoms with Crippen LogP contribution >= 0.6 is 11.8 Å². The number of carbonyl (C=O) groups excluding carboxylic acids is 2. The number of carboxylic acids is 2. The number of carbonyl (C=O) groups is 4. The first-order valence-electron chi connectivity index (χ1n) is 11.4. The van der Waals surface area contributed by atoms with Gasteiger partial charge < -0.3 is 20.8 Å². The number of anilines is 2. The molecule has 0 aliphatic carbocycles. The number of hydrogen-bond acceptors (Lipinski definition) is 5. The lowest BCUT2D eigenvalue weighted by Gasteiger charge is -2.17. The van der Waals surface area contributed by atoms with Gasteiger partial charge in [0.25, 0.3) is 5.91 Å². The zero-order valence-electron chi connectivity index (χ0n) is 19.8. The summed E-state index contributed by atoms with van der Waals surface area (Å²) in [7, 11) is 0. The van der Waals surface area contributed by atoms with Gasteiger partial charge in [-0.25, -0.2) is 9.59 Å². The number of nitrogens with one attached hydrogen (secondary N) is 2. The standard InChI is InChI=1S/C29H22N2O6S/c32-26(23-11-4-5-12-24(23)29(36)37)30-20-13-15-22(16-14-20)38-25(18-7-2-1-3-8-18)27(33)31-21-10-6-9-19(17-21)28(34)35/h1-17,25H,(H,30,32)(H,31,33)(H,34,35)(H,36,37). The Morgan fingerprint density at radius 1 is 0.632 bits per heavy atom. The van der Waals surface area contributed by atoms with Crippen LogP contribution in [-0.4, -0.2) is 34.0 Å². The number of aromatic carboxylic acids is 2. The van der Waals surface area contributed by atoms with Crippen molar-refractivity contribution < 1.29 is 29.4 Å². The fraction of sp³-hybridized carbons (Fsp3) is 0.0345. The van der Waals surface area contributed by atoms with E-state index < -0.39 is 23.1 Å². The monoisotopic (exact) mass is 526 g/mol. The molecule has 0 spiro atoms. The average Bonchev–Trinajstić information content (AvgIpc) is 2.93. The quantitative estimate of drug-likeness (QED) is 0.202. The molecule has 2 amide bonds. The van der Waals surface area contributed by atoms with Crippen molar-refractivity contribution >= 4 is 46.9 Å². The van der Waals surface area contributed by atoms with Crippen molar-refractivity contribution in [2.45, 2.75) is 10.1 Å². The van der Waals surface area contributed by atoms with Crippen LogP contribution in [0.4, 0.5) is 11.4 Å². The molecule has 8 nitrogen and oxygen atoms in total. The van der Waals surface area contributed by atoms with Gasteiger partial charge in [0.05, 0.1) is 16.7 Å². The first-order valence-corrected chi connectivity index (χ1v) is 12.3. The molecule has 1 atom stereocenters. The van der Waals surface area contributed by atoms with Gasteiger partial charge >= 0.3 is 11.9 Å². The zero-order chi connectivity index (χ0) is 27.1. The second-order valence-electron chi connectivity index (χ2n) is 8.11. The number of hydrogen-bond donors (Lipinski definition) is 4. The molecule has 9 heteroatoms. The summed E-state index contributed by atoms with van der Waals surface area (Å²) in [4.78, 5) is 49.4. The Bertz CT molecular complexity index is 1490. The zero-order valence-corrected chi connectivity index (χ0v) is 20.6. The Morgan fingerprint density at radius 2 is 1.29 bits per heavy atom. The second kappa shape index (κ2) is 11.9. The molecule has 38 heavy (non-hydrogen) atoms. The van der Waals surface area contributed by atoms with Gasteiger partial charge in [-0.3, -0.25) is 9.59 Å². The molecule has 4 aromatic rings. The molecule has 1 unspecified atom stereocenters. The van der Waals surface area contributed by atoms with E-state index in [1.54, 1.807) is 48.5 Å². The summed E-state index contributed by atoms with van der Waals surface area (Å²) in [5.41, 5.74) is 1.61. The molecule has 0 radical (unpaired) electrons. The van der Waals surface area contributed by atoms with E-state index >= 15 is 0 Å². The summed E-state index contributed by atoms with van der Waals surface area (Å²) >= 11 is 1.29. The number of amides is 2. The van der Waals surface area contributed by atoms with E-state index in [1.807, 2.05) is 30.3 Å². The van der Waals surface area contributed by atoms with Crippen LogP contribution in [0.2, 0.25) is 0 Å². The second-order valence-corrected chi connectivity index (χ2v) is 9.29. The Labute approximate surface area is 222 Å². The highest BCUT2D eigenvalue weighted by molar-refractivity contribution is 8.00. The molecule has 0 saturated heterocycles. The maximum absolute atomic E-state index is 13.3. The maximum Gasteiger partial charge on any atom is 0.336 e. The van der Waals surface area contributed by atoms with Gasteiger partial charge in [0.15, 0.2) is 0 Å². The van der Waals surface area contributed by atoms with Gasteiger partial charge in [-0.15, -0.1) is 11.8 Å². The maximum atomic E-state index is 13.3. The van der Waals surface area contributed by atoms with Crippen molar-refractivity contribution in [2.24, 2.45) is 0 Å². The van der Waals surface area contributed by atoms with E-state index in [-0.39, 0.29) is 22.6 Å². The van der Waals surface area contributed by atoms with E-state index in [0.717, 1.165) is 10.5 Å². The molecule has 0 aromatic heterocycles. The Balaban J connectivity index is 1.51. The van der Waals surface area contributed by atoms with Crippen LogP contribution in [-0.2, 0) is 4.79 Å². The highest BCUT2D eigenvalue weighted by Crippen LogP contribution is 2.37. The fourth-order valence-electron chi connectivity index (χ4n) is 3.66. The van der Waals surface area contributed by atoms with Gasteiger partial charge in [-0.1, -0.05) is 48.5 Å². The molecular weight excluding hydrogens is 504 g/mol. The van der Waals surface area contributed by atoms with Crippen molar-refractivity contribution in [2.75, 3.05) is 10.6 Å². The lowest BCUT2D eigenvalue weighted by atomic mass is 10.1. The van der Waals surface area contributed by atoms with Crippen LogP contribution in [0.3, 0.4) is 0 Å². The van der Waals surface area contributed by atoms with Gasteiger partial charge in [-0.05, 0) is 60.2 Å². The van der Waals surface area contributed by atoms with E-state index in [4.69, 9.17) is 0 Å². The SMILES string of the molecule is O=C(O)c1cccc(NC(=O)C(Sc2ccc(NC(=O)c3ccccc3C(=O)O)cc2)c2ccccc2)c1.